The summed E-state index contributed by atoms with van der Waals surface area (Å²) < 4.78 is 5.73. The molecule has 40 heavy (non-hydrogen) atoms. The van der Waals surface area contributed by atoms with Gasteiger partial charge in [0.2, 0.25) is 5.91 Å². The largest absolute Gasteiger partial charge is 0.481 e. The third-order valence-electron chi connectivity index (χ3n) is 7.76. The van der Waals surface area contributed by atoms with Gasteiger partial charge < -0.3 is 20.1 Å². The summed E-state index contributed by atoms with van der Waals surface area (Å²) in [6, 6.07) is 25.5. The fraction of sp³-hybridized carbons (Fsp3) is 0.344. The Bertz CT molecular complexity index is 1310. The summed E-state index contributed by atoms with van der Waals surface area (Å²) in [6.45, 7) is 2.10. The number of carbonyl (C=O) groups excluding carboxylic acids is 2. The Labute approximate surface area is 234 Å². The van der Waals surface area contributed by atoms with Gasteiger partial charge in [-0.05, 0) is 47.2 Å². The second-order valence-electron chi connectivity index (χ2n) is 10.7. The van der Waals surface area contributed by atoms with Gasteiger partial charge in [-0.3, -0.25) is 14.5 Å². The zero-order valence-electron chi connectivity index (χ0n) is 22.7. The van der Waals surface area contributed by atoms with Crippen molar-refractivity contribution >= 4 is 18.0 Å². The predicted octanol–water partition coefficient (Wildman–Crippen LogP) is 4.35. The summed E-state index contributed by atoms with van der Waals surface area (Å²) in [4.78, 5) is 41.1. The molecule has 1 fully saturated rings. The molecule has 0 saturated carbocycles. The van der Waals surface area contributed by atoms with Gasteiger partial charge in [0, 0.05) is 38.5 Å². The van der Waals surface area contributed by atoms with Crippen molar-refractivity contribution in [1.29, 1.82) is 0 Å². The van der Waals surface area contributed by atoms with Crippen molar-refractivity contribution in [2.45, 2.75) is 31.3 Å². The van der Waals surface area contributed by atoms with Crippen LogP contribution in [0.2, 0.25) is 0 Å². The average Bonchev–Trinajstić information content (AvgIpc) is 3.24. The summed E-state index contributed by atoms with van der Waals surface area (Å²) in [7, 11) is 1.92. The van der Waals surface area contributed by atoms with E-state index >= 15 is 0 Å². The number of carboxylic acid groups (broad SMARTS) is 1. The highest BCUT2D eigenvalue weighted by Crippen LogP contribution is 2.44. The van der Waals surface area contributed by atoms with Crippen LogP contribution >= 0.6 is 0 Å². The fourth-order valence-corrected chi connectivity index (χ4v) is 5.72. The number of hydrogen-bond donors (Lipinski definition) is 2. The highest BCUT2D eigenvalue weighted by molar-refractivity contribution is 5.86. The molecule has 1 aliphatic heterocycles. The number of nitrogens with zero attached hydrogens (tertiary/aromatic N) is 2. The number of fused-ring (bicyclic) bond motifs is 3. The molecule has 0 radical (unpaired) electrons. The molecule has 0 spiro atoms. The van der Waals surface area contributed by atoms with Crippen LogP contribution in [0.25, 0.3) is 11.1 Å². The van der Waals surface area contributed by atoms with Crippen LogP contribution in [0.4, 0.5) is 4.79 Å². The first-order valence-electron chi connectivity index (χ1n) is 13.7. The molecule has 1 heterocycles. The normalized spacial score (nSPS) is 15.2. The van der Waals surface area contributed by atoms with Gasteiger partial charge in [0.05, 0.1) is 0 Å². The number of benzene rings is 3. The number of amides is 2. The quantitative estimate of drug-likeness (QED) is 0.375. The highest BCUT2D eigenvalue weighted by Gasteiger charge is 2.36. The lowest BCUT2D eigenvalue weighted by Gasteiger charge is -2.41. The lowest BCUT2D eigenvalue weighted by molar-refractivity contribution is -0.141. The molecule has 2 aliphatic rings. The molecule has 1 atom stereocenters. The van der Waals surface area contributed by atoms with Crippen LogP contribution in [-0.2, 0) is 20.9 Å². The maximum atomic E-state index is 13.4. The summed E-state index contributed by atoms with van der Waals surface area (Å²) in [5, 5.41) is 11.8. The maximum absolute atomic E-state index is 13.4. The van der Waals surface area contributed by atoms with E-state index in [1.807, 2.05) is 66.5 Å². The number of ether oxygens (including phenoxy) is 1. The summed E-state index contributed by atoms with van der Waals surface area (Å²) in [5.41, 5.74) is 5.66. The summed E-state index contributed by atoms with van der Waals surface area (Å²) in [6.07, 6.45) is 0.00194. The lowest BCUT2D eigenvalue weighted by atomic mass is 9.94. The van der Waals surface area contributed by atoms with Gasteiger partial charge in [-0.1, -0.05) is 78.9 Å². The first-order valence-corrected chi connectivity index (χ1v) is 13.7. The third kappa shape index (κ3) is 6.34. The van der Waals surface area contributed by atoms with E-state index in [0.717, 1.165) is 27.8 Å². The number of carboxylic acids is 1. The van der Waals surface area contributed by atoms with Gasteiger partial charge in [0.1, 0.15) is 12.6 Å². The minimum Gasteiger partial charge on any atom is -0.481 e. The van der Waals surface area contributed by atoms with E-state index < -0.39 is 18.1 Å². The molecule has 0 aromatic heterocycles. The lowest BCUT2D eigenvalue weighted by Crippen LogP contribution is -2.59. The second-order valence-corrected chi connectivity index (χ2v) is 10.7. The molecule has 3 aromatic carbocycles. The van der Waals surface area contributed by atoms with Crippen LogP contribution in [-0.4, -0.2) is 72.2 Å². The summed E-state index contributed by atoms with van der Waals surface area (Å²) >= 11 is 0. The number of likely N-dealkylation sites (tertiary alicyclic amines) is 1. The van der Waals surface area contributed by atoms with E-state index in [-0.39, 0.29) is 30.8 Å². The van der Waals surface area contributed by atoms with Crippen LogP contribution in [0, 0.1) is 5.92 Å². The summed E-state index contributed by atoms with van der Waals surface area (Å²) in [5.74, 6) is -0.919. The van der Waals surface area contributed by atoms with E-state index in [4.69, 9.17) is 9.84 Å². The Morgan fingerprint density at radius 3 is 2.17 bits per heavy atom. The Hall–Kier alpha value is -4.17. The van der Waals surface area contributed by atoms with Crippen LogP contribution < -0.4 is 5.32 Å². The van der Waals surface area contributed by atoms with Crippen molar-refractivity contribution in [3.05, 3.63) is 95.6 Å². The molecular formula is C32H35N3O5. The van der Waals surface area contributed by atoms with Gasteiger partial charge in [-0.25, -0.2) is 4.79 Å². The van der Waals surface area contributed by atoms with Crippen LogP contribution in [0.1, 0.15) is 35.4 Å². The van der Waals surface area contributed by atoms with Crippen LogP contribution in [0.3, 0.4) is 0 Å². The van der Waals surface area contributed by atoms with E-state index in [1.54, 1.807) is 4.90 Å². The monoisotopic (exact) mass is 541 g/mol. The zero-order chi connectivity index (χ0) is 28.1. The fourth-order valence-electron chi connectivity index (χ4n) is 5.72. The Balaban J connectivity index is 1.23. The van der Waals surface area contributed by atoms with Crippen molar-refractivity contribution in [3.8, 4) is 11.1 Å². The van der Waals surface area contributed by atoms with E-state index in [0.29, 0.717) is 32.6 Å². The van der Waals surface area contributed by atoms with E-state index in [1.165, 1.54) is 0 Å². The predicted molar refractivity (Wildman–Crippen MR) is 152 cm³/mol. The standard InChI is InChI=1S/C32H35N3O5/c1-34(17-22-9-3-2-4-10-22)20-29(31(38)35-18-23(19-35)15-16-30(36)37)33-32(39)40-21-28-26-13-7-5-11-24(26)25-12-6-8-14-27(25)28/h2-14,23,28-29H,15-21H2,1H3,(H,33,39)(H,36,37). The van der Waals surface area contributed by atoms with Crippen molar-refractivity contribution in [3.63, 3.8) is 0 Å². The number of rotatable bonds is 11. The van der Waals surface area contributed by atoms with Crippen molar-refractivity contribution < 1.29 is 24.2 Å². The molecule has 8 heteroatoms. The molecule has 1 aliphatic carbocycles. The van der Waals surface area contributed by atoms with Gasteiger partial charge >= 0.3 is 12.1 Å². The van der Waals surface area contributed by atoms with Crippen molar-refractivity contribution in [2.75, 3.05) is 33.3 Å². The molecule has 8 nitrogen and oxygen atoms in total. The van der Waals surface area contributed by atoms with E-state index in [2.05, 4.69) is 29.6 Å². The topological polar surface area (TPSA) is 99.2 Å². The first kappa shape index (κ1) is 27.4. The molecule has 3 aromatic rings. The molecule has 1 unspecified atom stereocenters. The van der Waals surface area contributed by atoms with Gasteiger partial charge in [0.15, 0.2) is 0 Å². The Morgan fingerprint density at radius 2 is 1.55 bits per heavy atom. The first-order chi connectivity index (χ1) is 19.4. The zero-order valence-corrected chi connectivity index (χ0v) is 22.7. The SMILES string of the molecule is CN(Cc1ccccc1)CC(NC(=O)OCC1c2ccccc2-c2ccccc21)C(=O)N1CC(CCC(=O)O)C1. The van der Waals surface area contributed by atoms with Crippen molar-refractivity contribution in [2.24, 2.45) is 5.92 Å². The molecule has 5 rings (SSSR count). The maximum Gasteiger partial charge on any atom is 0.407 e. The van der Waals surface area contributed by atoms with E-state index in [9.17, 15) is 14.4 Å². The Morgan fingerprint density at radius 1 is 0.950 bits per heavy atom. The number of alkyl carbamates (subject to hydrolysis) is 1. The number of likely N-dealkylation sites (N-methyl/N-ethyl adjacent to an activating group) is 1. The number of carbonyl (C=O) groups is 3. The second kappa shape index (κ2) is 12.3. The van der Waals surface area contributed by atoms with Gasteiger partial charge in [-0.15, -0.1) is 0 Å². The molecule has 2 N–H and O–H groups in total. The van der Waals surface area contributed by atoms with Crippen molar-refractivity contribution in [1.82, 2.24) is 15.1 Å². The Kier molecular flexibility index (Phi) is 8.45. The number of aliphatic carboxylic acids is 1. The minimum atomic E-state index is -0.831. The average molecular weight is 542 g/mol. The minimum absolute atomic E-state index is 0.0709. The molecule has 1 saturated heterocycles. The number of hydrogen-bond acceptors (Lipinski definition) is 5. The van der Waals surface area contributed by atoms with Gasteiger partial charge in [-0.2, -0.15) is 0 Å². The van der Waals surface area contributed by atoms with Gasteiger partial charge in [0.25, 0.3) is 0 Å². The molecule has 208 valence electrons. The highest BCUT2D eigenvalue weighted by atomic mass is 16.5. The molecule has 0 bridgehead atoms. The van der Waals surface area contributed by atoms with Crippen LogP contribution in [0.5, 0.6) is 0 Å². The number of nitrogens with one attached hydrogen (secondary N) is 1. The smallest absolute Gasteiger partial charge is 0.407 e. The van der Waals surface area contributed by atoms with Crippen LogP contribution in [0.15, 0.2) is 78.9 Å². The molecular weight excluding hydrogens is 506 g/mol. The molecule has 2 amide bonds. The third-order valence-corrected chi connectivity index (χ3v) is 7.76.